The van der Waals surface area contributed by atoms with Crippen LogP contribution in [0, 0.1) is 6.92 Å². The summed E-state index contributed by atoms with van der Waals surface area (Å²) in [6.45, 7) is 4.73. The highest BCUT2D eigenvalue weighted by atomic mass is 32.1. The first-order chi connectivity index (χ1) is 9.78. The Morgan fingerprint density at radius 2 is 1.90 bits per heavy atom. The molecule has 0 aromatic carbocycles. The van der Waals surface area contributed by atoms with Crippen molar-refractivity contribution in [2.45, 2.75) is 63.5 Å². The van der Waals surface area contributed by atoms with E-state index < -0.39 is 0 Å². The summed E-state index contributed by atoms with van der Waals surface area (Å²) in [6, 6.07) is 2.56. The van der Waals surface area contributed by atoms with Gasteiger partial charge in [-0.3, -0.25) is 16.2 Å². The Labute approximate surface area is 126 Å². The number of aryl methyl sites for hydroxylation is 1. The Hall–Kier alpha value is -0.420. The molecule has 2 fully saturated rings. The zero-order chi connectivity index (χ0) is 14.0. The summed E-state index contributed by atoms with van der Waals surface area (Å²) in [5.74, 6) is 6.03. The van der Waals surface area contributed by atoms with Gasteiger partial charge in [0, 0.05) is 10.4 Å². The van der Waals surface area contributed by atoms with Gasteiger partial charge in [-0.15, -0.1) is 11.3 Å². The van der Waals surface area contributed by atoms with E-state index in [9.17, 15) is 0 Å². The number of nitrogens with one attached hydrogen (secondary N) is 1. The molecule has 2 heterocycles. The molecule has 3 rings (SSSR count). The summed E-state index contributed by atoms with van der Waals surface area (Å²) in [7, 11) is 0. The highest BCUT2D eigenvalue weighted by Crippen LogP contribution is 2.46. The van der Waals surface area contributed by atoms with Crippen LogP contribution in [0.5, 0.6) is 0 Å². The van der Waals surface area contributed by atoms with Crippen LogP contribution in [0.3, 0.4) is 0 Å². The molecule has 3 N–H and O–H groups in total. The van der Waals surface area contributed by atoms with Gasteiger partial charge >= 0.3 is 0 Å². The number of hydrazine groups is 1. The zero-order valence-electron chi connectivity index (χ0n) is 12.5. The average molecular weight is 293 g/mol. The van der Waals surface area contributed by atoms with E-state index in [-0.39, 0.29) is 11.6 Å². The van der Waals surface area contributed by atoms with Gasteiger partial charge in [-0.1, -0.05) is 19.3 Å². The quantitative estimate of drug-likeness (QED) is 0.660. The smallest absolute Gasteiger partial charge is 0.0654 e. The lowest BCUT2D eigenvalue weighted by atomic mass is 9.81. The third kappa shape index (κ3) is 2.43. The second-order valence-corrected chi connectivity index (χ2v) is 7.51. The second kappa shape index (κ2) is 6.14. The normalized spacial score (nSPS) is 24.9. The maximum Gasteiger partial charge on any atom is 0.0654 e. The largest absolute Gasteiger partial charge is 0.296 e. The van der Waals surface area contributed by atoms with E-state index in [1.807, 2.05) is 11.3 Å². The van der Waals surface area contributed by atoms with E-state index in [4.69, 9.17) is 5.84 Å². The van der Waals surface area contributed by atoms with Crippen LogP contribution in [0.1, 0.15) is 61.4 Å². The molecule has 1 saturated carbocycles. The van der Waals surface area contributed by atoms with Crippen molar-refractivity contribution >= 4 is 11.3 Å². The lowest BCUT2D eigenvalue weighted by molar-refractivity contribution is 0.0360. The van der Waals surface area contributed by atoms with Gasteiger partial charge in [0.15, 0.2) is 0 Å². The van der Waals surface area contributed by atoms with Crippen molar-refractivity contribution in [2.24, 2.45) is 5.84 Å². The van der Waals surface area contributed by atoms with Gasteiger partial charge in [-0.05, 0) is 62.7 Å². The first-order valence-electron chi connectivity index (χ1n) is 8.03. The fourth-order valence-corrected chi connectivity index (χ4v) is 5.08. The summed E-state index contributed by atoms with van der Waals surface area (Å²) in [5.41, 5.74) is 4.86. The van der Waals surface area contributed by atoms with Gasteiger partial charge in [-0.2, -0.15) is 0 Å². The Morgan fingerprint density at radius 3 is 2.45 bits per heavy atom. The molecule has 1 aliphatic carbocycles. The molecule has 0 radical (unpaired) electrons. The third-order valence-corrected chi connectivity index (χ3v) is 6.23. The van der Waals surface area contributed by atoms with Crippen molar-refractivity contribution < 1.29 is 0 Å². The summed E-state index contributed by atoms with van der Waals surface area (Å²) in [4.78, 5) is 4.17. The fourth-order valence-electron chi connectivity index (χ4n) is 4.34. The Morgan fingerprint density at radius 1 is 1.20 bits per heavy atom. The van der Waals surface area contributed by atoms with Crippen molar-refractivity contribution in [3.8, 4) is 0 Å². The molecule has 20 heavy (non-hydrogen) atoms. The minimum atomic E-state index is 0.251. The number of rotatable bonds is 4. The minimum absolute atomic E-state index is 0.251. The maximum atomic E-state index is 6.03. The van der Waals surface area contributed by atoms with Gasteiger partial charge in [-0.25, -0.2) is 0 Å². The fraction of sp³-hybridized carbons (Fsp3) is 0.750. The molecule has 1 atom stereocenters. The van der Waals surface area contributed by atoms with Gasteiger partial charge < -0.3 is 0 Å². The van der Waals surface area contributed by atoms with Crippen LogP contribution in [-0.4, -0.2) is 23.5 Å². The van der Waals surface area contributed by atoms with E-state index >= 15 is 0 Å². The number of nitrogens with zero attached hydrogens (tertiary/aromatic N) is 1. The lowest BCUT2D eigenvalue weighted by Gasteiger charge is -2.48. The highest BCUT2D eigenvalue weighted by Gasteiger charge is 2.46. The standard InChI is InChI=1S/C16H27N3S/c1-13-14(7-12-20-13)15(18-17)16(8-3-4-9-16)19-10-5-2-6-11-19/h7,12,15,18H,2-6,8-11,17H2,1H3. The van der Waals surface area contributed by atoms with E-state index in [0.29, 0.717) is 0 Å². The number of thiophene rings is 1. The van der Waals surface area contributed by atoms with Crippen molar-refractivity contribution in [3.05, 3.63) is 21.9 Å². The van der Waals surface area contributed by atoms with Crippen LogP contribution in [-0.2, 0) is 0 Å². The van der Waals surface area contributed by atoms with E-state index in [0.717, 1.165) is 0 Å². The van der Waals surface area contributed by atoms with E-state index in [1.54, 1.807) is 0 Å². The molecule has 0 spiro atoms. The topological polar surface area (TPSA) is 41.3 Å². The summed E-state index contributed by atoms with van der Waals surface area (Å²) in [5, 5.41) is 2.20. The Balaban J connectivity index is 1.93. The molecule has 0 bridgehead atoms. The number of nitrogens with two attached hydrogens (primary N) is 1. The first kappa shape index (κ1) is 14.5. The predicted molar refractivity (Wildman–Crippen MR) is 85.7 cm³/mol. The minimum Gasteiger partial charge on any atom is -0.296 e. The predicted octanol–water partition coefficient (Wildman–Crippen LogP) is 3.36. The number of hydrogen-bond donors (Lipinski definition) is 2. The van der Waals surface area contributed by atoms with E-state index in [1.165, 1.54) is 68.5 Å². The molecular weight excluding hydrogens is 266 g/mol. The van der Waals surface area contributed by atoms with Gasteiger partial charge in [0.2, 0.25) is 0 Å². The van der Waals surface area contributed by atoms with Crippen LogP contribution >= 0.6 is 11.3 Å². The number of likely N-dealkylation sites (tertiary alicyclic amines) is 1. The lowest BCUT2D eigenvalue weighted by Crippen LogP contribution is -2.57. The molecule has 1 aromatic rings. The molecule has 2 aliphatic rings. The van der Waals surface area contributed by atoms with Crippen LogP contribution in [0.25, 0.3) is 0 Å². The number of piperidine rings is 1. The molecule has 0 amide bonds. The van der Waals surface area contributed by atoms with Gasteiger partial charge in [0.1, 0.15) is 0 Å². The molecule has 1 aromatic heterocycles. The number of hydrogen-bond acceptors (Lipinski definition) is 4. The van der Waals surface area contributed by atoms with Crippen molar-refractivity contribution in [3.63, 3.8) is 0 Å². The van der Waals surface area contributed by atoms with Crippen LogP contribution in [0.15, 0.2) is 11.4 Å². The van der Waals surface area contributed by atoms with Crippen molar-refractivity contribution in [2.75, 3.05) is 13.1 Å². The van der Waals surface area contributed by atoms with Crippen molar-refractivity contribution in [1.82, 2.24) is 10.3 Å². The van der Waals surface area contributed by atoms with E-state index in [2.05, 4.69) is 28.7 Å². The second-order valence-electron chi connectivity index (χ2n) is 6.39. The Bertz CT molecular complexity index is 431. The molecule has 1 unspecified atom stereocenters. The van der Waals surface area contributed by atoms with Crippen molar-refractivity contribution in [1.29, 1.82) is 0 Å². The highest BCUT2D eigenvalue weighted by molar-refractivity contribution is 7.10. The third-order valence-electron chi connectivity index (χ3n) is 5.37. The van der Waals surface area contributed by atoms with Gasteiger partial charge in [0.25, 0.3) is 0 Å². The SMILES string of the molecule is Cc1sccc1C(NN)C1(N2CCCCC2)CCCC1. The van der Waals surface area contributed by atoms with Crippen LogP contribution in [0.2, 0.25) is 0 Å². The molecule has 1 aliphatic heterocycles. The summed E-state index contributed by atoms with van der Waals surface area (Å²) >= 11 is 1.84. The molecule has 112 valence electrons. The van der Waals surface area contributed by atoms with Gasteiger partial charge in [0.05, 0.1) is 6.04 Å². The monoisotopic (exact) mass is 293 g/mol. The van der Waals surface area contributed by atoms with Crippen LogP contribution < -0.4 is 11.3 Å². The molecule has 3 nitrogen and oxygen atoms in total. The zero-order valence-corrected chi connectivity index (χ0v) is 13.3. The average Bonchev–Trinajstić information content (AvgIpc) is 3.12. The molecule has 4 heteroatoms. The first-order valence-corrected chi connectivity index (χ1v) is 8.91. The summed E-state index contributed by atoms with van der Waals surface area (Å²) in [6.07, 6.45) is 9.36. The maximum absolute atomic E-state index is 6.03. The molecular formula is C16H27N3S. The Kier molecular flexibility index (Phi) is 4.46. The molecule has 1 saturated heterocycles. The van der Waals surface area contributed by atoms with Crippen LogP contribution in [0.4, 0.5) is 0 Å². The summed E-state index contributed by atoms with van der Waals surface area (Å²) < 4.78 is 0.